The lowest BCUT2D eigenvalue weighted by molar-refractivity contribution is -0.142. The van der Waals surface area contributed by atoms with Crippen LogP contribution >= 0.6 is 0 Å². The van der Waals surface area contributed by atoms with Gasteiger partial charge in [-0.3, -0.25) is 10.3 Å². The van der Waals surface area contributed by atoms with Crippen LogP contribution in [0.25, 0.3) is 16.9 Å². The second-order valence-corrected chi connectivity index (χ2v) is 10.8. The number of halogens is 6. The van der Waals surface area contributed by atoms with E-state index in [4.69, 9.17) is 4.74 Å². The van der Waals surface area contributed by atoms with Gasteiger partial charge in [-0.25, -0.2) is 27.4 Å². The molecule has 44 heavy (non-hydrogen) atoms. The van der Waals surface area contributed by atoms with Gasteiger partial charge in [0.25, 0.3) is 0 Å². The van der Waals surface area contributed by atoms with Gasteiger partial charge in [-0.1, -0.05) is 24.3 Å². The van der Waals surface area contributed by atoms with Gasteiger partial charge in [0.05, 0.1) is 34.6 Å². The number of pyridine rings is 1. The van der Waals surface area contributed by atoms with Crippen molar-refractivity contribution in [3.63, 3.8) is 0 Å². The molecule has 3 aromatic heterocycles. The highest BCUT2D eigenvalue weighted by Gasteiger charge is 2.36. The van der Waals surface area contributed by atoms with Crippen molar-refractivity contribution in [1.82, 2.24) is 24.3 Å². The quantitative estimate of drug-likeness (QED) is 0.213. The number of fused-ring (bicyclic) bond motifs is 1. The molecule has 0 aliphatic heterocycles. The molecule has 5 aromatic rings. The van der Waals surface area contributed by atoms with Crippen LogP contribution in [-0.4, -0.2) is 34.1 Å². The van der Waals surface area contributed by atoms with E-state index in [-0.39, 0.29) is 28.4 Å². The number of anilines is 1. The standard InChI is InChI=1S/C27H18F6N6O4S/c28-26(29,30)17-9-7-16(8-10-17)21-13-23(27(31,32)33)39-24(38-21)22(15-35-39)43-25(40)37-18-5-3-6-20(12-18)44(41,42)36-14-19-4-1-2-11-34-19/h1-13,15,36H,14H2,(H,37,40). The molecule has 0 aliphatic carbocycles. The molecule has 0 fully saturated rings. The maximum atomic E-state index is 13.9. The Labute approximate surface area is 244 Å². The fourth-order valence-electron chi connectivity index (χ4n) is 3.93. The number of amides is 1. The summed E-state index contributed by atoms with van der Waals surface area (Å²) in [7, 11) is -4.03. The number of nitrogens with one attached hydrogen (secondary N) is 2. The van der Waals surface area contributed by atoms with Crippen LogP contribution < -0.4 is 14.8 Å². The SMILES string of the molecule is O=C(Nc1cccc(S(=O)(=O)NCc2ccccn2)c1)Oc1cnn2c(C(F)(F)F)cc(-c3ccc(C(F)(F)F)cc3)nc12. The number of benzene rings is 2. The fraction of sp³-hybridized carbons (Fsp3) is 0.111. The molecule has 0 bridgehead atoms. The summed E-state index contributed by atoms with van der Waals surface area (Å²) >= 11 is 0. The summed E-state index contributed by atoms with van der Waals surface area (Å²) < 4.78 is 114. The number of nitrogens with zero attached hydrogens (tertiary/aromatic N) is 4. The Balaban J connectivity index is 1.38. The van der Waals surface area contributed by atoms with Gasteiger partial charge in [0.1, 0.15) is 0 Å². The minimum absolute atomic E-state index is 0.0263. The molecular formula is C27H18F6N6O4S. The van der Waals surface area contributed by atoms with Crippen molar-refractivity contribution in [3.8, 4) is 17.0 Å². The molecule has 0 saturated heterocycles. The maximum Gasteiger partial charge on any atom is 0.433 e. The van der Waals surface area contributed by atoms with E-state index in [9.17, 15) is 39.6 Å². The van der Waals surface area contributed by atoms with E-state index in [0.29, 0.717) is 28.4 Å². The summed E-state index contributed by atoms with van der Waals surface area (Å²) in [4.78, 5) is 20.5. The molecule has 2 aromatic carbocycles. The van der Waals surface area contributed by atoms with Gasteiger partial charge in [-0.05, 0) is 48.5 Å². The zero-order valence-electron chi connectivity index (χ0n) is 21.9. The molecule has 17 heteroatoms. The highest BCUT2D eigenvalue weighted by Crippen LogP contribution is 2.35. The number of hydrogen-bond donors (Lipinski definition) is 2. The summed E-state index contributed by atoms with van der Waals surface area (Å²) in [5, 5.41) is 5.89. The fourth-order valence-corrected chi connectivity index (χ4v) is 4.98. The molecule has 1 amide bonds. The van der Waals surface area contributed by atoms with Crippen molar-refractivity contribution in [2.24, 2.45) is 0 Å². The molecular weight excluding hydrogens is 618 g/mol. The predicted octanol–water partition coefficient (Wildman–Crippen LogP) is 5.92. The topological polar surface area (TPSA) is 128 Å². The van der Waals surface area contributed by atoms with E-state index in [2.05, 4.69) is 25.1 Å². The van der Waals surface area contributed by atoms with Crippen LogP contribution in [0.5, 0.6) is 5.75 Å². The van der Waals surface area contributed by atoms with E-state index >= 15 is 0 Å². The van der Waals surface area contributed by atoms with Gasteiger partial charge in [0.15, 0.2) is 17.1 Å². The van der Waals surface area contributed by atoms with Gasteiger partial charge in [-0.2, -0.15) is 31.4 Å². The summed E-state index contributed by atoms with van der Waals surface area (Å²) in [5.41, 5.74) is -2.89. The summed E-state index contributed by atoms with van der Waals surface area (Å²) in [6.45, 7) is -0.0982. The lowest BCUT2D eigenvalue weighted by Crippen LogP contribution is -2.24. The Bertz CT molecular complexity index is 1930. The van der Waals surface area contributed by atoms with E-state index in [0.717, 1.165) is 24.4 Å². The van der Waals surface area contributed by atoms with E-state index < -0.39 is 51.1 Å². The molecule has 3 heterocycles. The molecule has 0 unspecified atom stereocenters. The maximum absolute atomic E-state index is 13.9. The van der Waals surface area contributed by atoms with Crippen molar-refractivity contribution in [3.05, 3.63) is 102 Å². The summed E-state index contributed by atoms with van der Waals surface area (Å²) in [5.74, 6) is -0.512. The van der Waals surface area contributed by atoms with E-state index in [1.54, 1.807) is 18.2 Å². The van der Waals surface area contributed by atoms with Crippen LogP contribution in [0, 0.1) is 0 Å². The lowest BCUT2D eigenvalue weighted by atomic mass is 10.1. The van der Waals surface area contributed by atoms with Crippen LogP contribution in [0.4, 0.5) is 36.8 Å². The number of ether oxygens (including phenoxy) is 1. The van der Waals surface area contributed by atoms with E-state index in [1.165, 1.54) is 24.4 Å². The van der Waals surface area contributed by atoms with Crippen LogP contribution in [0.3, 0.4) is 0 Å². The average Bonchev–Trinajstić information content (AvgIpc) is 3.37. The number of carbonyl (C=O) groups is 1. The van der Waals surface area contributed by atoms with Crippen LogP contribution in [0.2, 0.25) is 0 Å². The lowest BCUT2D eigenvalue weighted by Gasteiger charge is -2.12. The first kappa shape index (κ1) is 30.4. The Morgan fingerprint density at radius 1 is 0.909 bits per heavy atom. The smallest absolute Gasteiger partial charge is 0.404 e. The predicted molar refractivity (Wildman–Crippen MR) is 143 cm³/mol. The van der Waals surface area contributed by atoms with Gasteiger partial charge >= 0.3 is 18.4 Å². The van der Waals surface area contributed by atoms with E-state index in [1.807, 2.05) is 0 Å². The first-order chi connectivity index (χ1) is 20.7. The number of hydrogen-bond acceptors (Lipinski definition) is 7. The third kappa shape index (κ3) is 6.78. The third-order valence-electron chi connectivity index (χ3n) is 6.00. The molecule has 0 aliphatic rings. The number of carbonyl (C=O) groups excluding carboxylic acids is 1. The van der Waals surface area contributed by atoms with Gasteiger partial charge in [-0.15, -0.1) is 0 Å². The third-order valence-corrected chi connectivity index (χ3v) is 7.40. The number of rotatable bonds is 7. The van der Waals surface area contributed by atoms with Crippen molar-refractivity contribution in [1.29, 1.82) is 0 Å². The van der Waals surface area contributed by atoms with Crippen molar-refractivity contribution < 1.29 is 44.3 Å². The van der Waals surface area contributed by atoms with Crippen molar-refractivity contribution in [2.45, 2.75) is 23.8 Å². The Hall–Kier alpha value is -5.03. The Morgan fingerprint density at radius 2 is 1.66 bits per heavy atom. The first-order valence-electron chi connectivity index (χ1n) is 12.3. The Morgan fingerprint density at radius 3 is 2.32 bits per heavy atom. The number of aromatic nitrogens is 4. The normalized spacial score (nSPS) is 12.3. The molecule has 2 N–H and O–H groups in total. The van der Waals surface area contributed by atoms with Crippen LogP contribution in [0.1, 0.15) is 17.0 Å². The van der Waals surface area contributed by atoms with Gasteiger partial charge in [0, 0.05) is 17.4 Å². The molecule has 0 radical (unpaired) electrons. The highest BCUT2D eigenvalue weighted by molar-refractivity contribution is 7.89. The molecule has 5 rings (SSSR count). The zero-order chi connectivity index (χ0) is 31.7. The zero-order valence-corrected chi connectivity index (χ0v) is 22.7. The molecule has 0 spiro atoms. The minimum Gasteiger partial charge on any atom is -0.404 e. The van der Waals surface area contributed by atoms with Crippen molar-refractivity contribution in [2.75, 3.05) is 5.32 Å². The molecule has 10 nitrogen and oxygen atoms in total. The van der Waals surface area contributed by atoms with Gasteiger partial charge in [0.2, 0.25) is 10.0 Å². The second kappa shape index (κ2) is 11.6. The molecule has 228 valence electrons. The monoisotopic (exact) mass is 636 g/mol. The van der Waals surface area contributed by atoms with Crippen LogP contribution in [-0.2, 0) is 28.9 Å². The van der Waals surface area contributed by atoms with Gasteiger partial charge < -0.3 is 4.74 Å². The number of alkyl halides is 6. The van der Waals surface area contributed by atoms with Crippen molar-refractivity contribution >= 4 is 27.5 Å². The van der Waals surface area contributed by atoms with Crippen LogP contribution in [0.15, 0.2) is 90.1 Å². The minimum atomic E-state index is -4.97. The number of sulfonamides is 1. The average molecular weight is 637 g/mol. The molecule has 0 saturated carbocycles. The molecule has 0 atom stereocenters. The first-order valence-corrected chi connectivity index (χ1v) is 13.8. The highest BCUT2D eigenvalue weighted by atomic mass is 32.2. The largest absolute Gasteiger partial charge is 0.433 e. The summed E-state index contributed by atoms with van der Waals surface area (Å²) in [6.07, 6.45) is -8.54. The summed E-state index contributed by atoms with van der Waals surface area (Å²) in [6, 6.07) is 14.0. The Kier molecular flexibility index (Phi) is 8.00. The second-order valence-electron chi connectivity index (χ2n) is 9.03.